The van der Waals surface area contributed by atoms with Gasteiger partial charge in [0.1, 0.15) is 0 Å². The van der Waals surface area contributed by atoms with Crippen LogP contribution < -0.4 is 5.32 Å². The number of allylic oxidation sites excluding steroid dienone is 1. The van der Waals surface area contributed by atoms with E-state index >= 15 is 0 Å². The molecule has 0 spiro atoms. The lowest BCUT2D eigenvalue weighted by atomic mass is 9.85. The van der Waals surface area contributed by atoms with Gasteiger partial charge in [0.15, 0.2) is 0 Å². The maximum atomic E-state index is 12.1. The number of nitrogens with zero attached hydrogens (tertiary/aromatic N) is 1. The van der Waals surface area contributed by atoms with Gasteiger partial charge in [0.25, 0.3) is 0 Å². The highest BCUT2D eigenvalue weighted by Gasteiger charge is 2.30. The van der Waals surface area contributed by atoms with E-state index in [-0.39, 0.29) is 11.8 Å². The molecular formula is C19H24N2OS. The number of aryl methyl sites for hydroxylation is 1. The monoisotopic (exact) mass is 328 g/mol. The third kappa shape index (κ3) is 4.62. The lowest BCUT2D eigenvalue weighted by molar-refractivity contribution is -0.120. The molecule has 1 heterocycles. The summed E-state index contributed by atoms with van der Waals surface area (Å²) in [6.07, 6.45) is 5.12. The van der Waals surface area contributed by atoms with Gasteiger partial charge < -0.3 is 5.32 Å². The van der Waals surface area contributed by atoms with Crippen molar-refractivity contribution >= 4 is 17.7 Å². The van der Waals surface area contributed by atoms with Gasteiger partial charge in [-0.1, -0.05) is 50.5 Å². The Morgan fingerprint density at radius 3 is 2.78 bits per heavy atom. The smallest absolute Gasteiger partial charge is 0.225 e. The quantitative estimate of drug-likeness (QED) is 0.741. The number of benzene rings is 1. The minimum absolute atomic E-state index is 0.00770. The molecule has 0 fully saturated rings. The van der Waals surface area contributed by atoms with Crippen molar-refractivity contribution in [3.8, 4) is 6.07 Å². The first-order chi connectivity index (χ1) is 11.2. The van der Waals surface area contributed by atoms with E-state index < -0.39 is 0 Å². The molecular weight excluding hydrogens is 304 g/mol. The molecule has 0 bridgehead atoms. The zero-order valence-electron chi connectivity index (χ0n) is 13.9. The Labute approximate surface area is 143 Å². The van der Waals surface area contributed by atoms with Crippen molar-refractivity contribution in [3.05, 3.63) is 46.0 Å². The molecule has 23 heavy (non-hydrogen) atoms. The Bertz CT molecular complexity index is 631. The fourth-order valence-corrected chi connectivity index (χ4v) is 3.96. The summed E-state index contributed by atoms with van der Waals surface area (Å²) in [7, 11) is 0. The van der Waals surface area contributed by atoms with Crippen LogP contribution in [0.2, 0.25) is 0 Å². The summed E-state index contributed by atoms with van der Waals surface area (Å²) >= 11 is 1.61. The SMILES string of the molecule is CCCCCCSC1=C(C#N)[C@@H](c2ccccc2C)CC(=O)N1. The third-order valence-electron chi connectivity index (χ3n) is 4.16. The molecule has 1 aromatic rings. The first-order valence-electron chi connectivity index (χ1n) is 8.29. The van der Waals surface area contributed by atoms with Crippen LogP contribution in [0, 0.1) is 18.3 Å². The number of hydrogen-bond acceptors (Lipinski definition) is 3. The molecule has 0 radical (unpaired) electrons. The number of rotatable bonds is 7. The number of unbranched alkanes of at least 4 members (excludes halogenated alkanes) is 3. The second-order valence-electron chi connectivity index (χ2n) is 5.93. The minimum atomic E-state index is -0.118. The average Bonchev–Trinajstić information content (AvgIpc) is 2.54. The van der Waals surface area contributed by atoms with Gasteiger partial charge in [-0.25, -0.2) is 0 Å². The molecule has 1 amide bonds. The van der Waals surface area contributed by atoms with Gasteiger partial charge in [-0.15, -0.1) is 11.8 Å². The molecule has 1 aromatic carbocycles. The van der Waals surface area contributed by atoms with E-state index in [1.165, 1.54) is 19.3 Å². The summed E-state index contributed by atoms with van der Waals surface area (Å²) in [6.45, 7) is 4.23. The highest BCUT2D eigenvalue weighted by Crippen LogP contribution is 2.37. The summed E-state index contributed by atoms with van der Waals surface area (Å²) in [5.74, 6) is 0.836. The molecule has 0 aliphatic carbocycles. The molecule has 0 saturated carbocycles. The fraction of sp³-hybridized carbons (Fsp3) is 0.474. The van der Waals surface area contributed by atoms with Crippen LogP contribution in [-0.2, 0) is 4.79 Å². The van der Waals surface area contributed by atoms with Crippen LogP contribution in [0.1, 0.15) is 56.1 Å². The normalized spacial score (nSPS) is 17.8. The molecule has 2 rings (SSSR count). The molecule has 0 saturated heterocycles. The Morgan fingerprint density at radius 2 is 2.09 bits per heavy atom. The fourth-order valence-electron chi connectivity index (χ4n) is 2.88. The van der Waals surface area contributed by atoms with Crippen molar-refractivity contribution in [3.63, 3.8) is 0 Å². The van der Waals surface area contributed by atoms with Gasteiger partial charge >= 0.3 is 0 Å². The predicted octanol–water partition coefficient (Wildman–Crippen LogP) is 4.65. The summed E-state index contributed by atoms with van der Waals surface area (Å²) in [4.78, 5) is 12.1. The van der Waals surface area contributed by atoms with Crippen molar-refractivity contribution in [2.45, 2.75) is 51.9 Å². The van der Waals surface area contributed by atoms with Crippen LogP contribution in [0.5, 0.6) is 0 Å². The second kappa shape index (κ2) is 8.79. The van der Waals surface area contributed by atoms with Gasteiger partial charge in [-0.3, -0.25) is 4.79 Å². The summed E-state index contributed by atoms with van der Waals surface area (Å²) in [6, 6.07) is 10.4. The lowest BCUT2D eigenvalue weighted by Crippen LogP contribution is -2.31. The molecule has 122 valence electrons. The molecule has 3 nitrogen and oxygen atoms in total. The van der Waals surface area contributed by atoms with Crippen LogP contribution in [-0.4, -0.2) is 11.7 Å². The van der Waals surface area contributed by atoms with Crippen LogP contribution in [0.4, 0.5) is 0 Å². The van der Waals surface area contributed by atoms with E-state index in [0.717, 1.165) is 28.3 Å². The number of carbonyl (C=O) groups excluding carboxylic acids is 1. The zero-order valence-corrected chi connectivity index (χ0v) is 14.7. The van der Waals surface area contributed by atoms with Crippen LogP contribution in [0.25, 0.3) is 0 Å². The first kappa shape index (κ1) is 17.6. The maximum Gasteiger partial charge on any atom is 0.225 e. The average molecular weight is 328 g/mol. The number of nitrogens with one attached hydrogen (secondary N) is 1. The van der Waals surface area contributed by atoms with E-state index in [1.807, 2.05) is 31.2 Å². The van der Waals surface area contributed by atoms with Crippen LogP contribution >= 0.6 is 11.8 Å². The number of thioether (sulfide) groups is 1. The maximum absolute atomic E-state index is 12.1. The van der Waals surface area contributed by atoms with Crippen LogP contribution in [0.15, 0.2) is 34.9 Å². The first-order valence-corrected chi connectivity index (χ1v) is 9.28. The largest absolute Gasteiger partial charge is 0.320 e. The number of carbonyl (C=O) groups is 1. The Balaban J connectivity index is 2.19. The van der Waals surface area contributed by atoms with E-state index in [0.29, 0.717) is 12.0 Å². The van der Waals surface area contributed by atoms with Crippen molar-refractivity contribution in [1.29, 1.82) is 5.26 Å². The van der Waals surface area contributed by atoms with Crippen molar-refractivity contribution in [1.82, 2.24) is 5.32 Å². The standard InChI is InChI=1S/C19H24N2OS/c1-3-4-5-8-11-23-19-17(13-20)16(12-18(22)21-19)15-10-7-6-9-14(15)2/h6-7,9-10,16H,3-5,8,11-12H2,1-2H3,(H,21,22)/t16-/m1/s1. The molecule has 0 aromatic heterocycles. The Hall–Kier alpha value is -1.73. The topological polar surface area (TPSA) is 52.9 Å². The molecule has 1 N–H and O–H groups in total. The summed E-state index contributed by atoms with van der Waals surface area (Å²) in [5.41, 5.74) is 2.93. The zero-order chi connectivity index (χ0) is 16.7. The highest BCUT2D eigenvalue weighted by molar-refractivity contribution is 8.03. The number of hydrogen-bond donors (Lipinski definition) is 1. The molecule has 1 aliphatic rings. The van der Waals surface area contributed by atoms with Gasteiger partial charge in [0, 0.05) is 12.3 Å². The Morgan fingerprint density at radius 1 is 1.30 bits per heavy atom. The minimum Gasteiger partial charge on any atom is -0.320 e. The molecule has 4 heteroatoms. The summed E-state index contributed by atoms with van der Waals surface area (Å²) < 4.78 is 0. The van der Waals surface area contributed by atoms with Crippen molar-refractivity contribution in [2.24, 2.45) is 0 Å². The van der Waals surface area contributed by atoms with Gasteiger partial charge in [-0.05, 0) is 30.2 Å². The Kier molecular flexibility index (Phi) is 6.73. The molecule has 0 unspecified atom stereocenters. The van der Waals surface area contributed by atoms with Crippen molar-refractivity contribution in [2.75, 3.05) is 5.75 Å². The number of amides is 1. The molecule has 1 aliphatic heterocycles. The summed E-state index contributed by atoms with van der Waals surface area (Å²) in [5, 5.41) is 13.3. The van der Waals surface area contributed by atoms with E-state index in [4.69, 9.17) is 0 Å². The van der Waals surface area contributed by atoms with Crippen LogP contribution in [0.3, 0.4) is 0 Å². The third-order valence-corrected chi connectivity index (χ3v) is 5.27. The van der Waals surface area contributed by atoms with E-state index in [2.05, 4.69) is 18.3 Å². The predicted molar refractivity (Wildman–Crippen MR) is 95.9 cm³/mol. The van der Waals surface area contributed by atoms with Crippen molar-refractivity contribution < 1.29 is 4.79 Å². The lowest BCUT2D eigenvalue weighted by Gasteiger charge is -2.26. The second-order valence-corrected chi connectivity index (χ2v) is 7.03. The number of nitriles is 1. The van der Waals surface area contributed by atoms with E-state index in [9.17, 15) is 10.1 Å². The van der Waals surface area contributed by atoms with Gasteiger partial charge in [0.2, 0.25) is 5.91 Å². The van der Waals surface area contributed by atoms with Gasteiger partial charge in [-0.2, -0.15) is 5.26 Å². The highest BCUT2D eigenvalue weighted by atomic mass is 32.2. The van der Waals surface area contributed by atoms with E-state index in [1.54, 1.807) is 11.8 Å². The van der Waals surface area contributed by atoms with Gasteiger partial charge in [0.05, 0.1) is 16.7 Å². The molecule has 1 atom stereocenters.